The Morgan fingerprint density at radius 2 is 1.79 bits per heavy atom. The number of rotatable bonds is 4. The Balaban J connectivity index is 1.82. The van der Waals surface area contributed by atoms with E-state index in [2.05, 4.69) is 5.32 Å². The lowest BCUT2D eigenvalue weighted by Crippen LogP contribution is -2.48. The summed E-state index contributed by atoms with van der Waals surface area (Å²) in [4.78, 5) is 11.2. The molecule has 3 N–H and O–H groups in total. The summed E-state index contributed by atoms with van der Waals surface area (Å²) in [5.41, 5.74) is 5.39. The van der Waals surface area contributed by atoms with Gasteiger partial charge in [0.05, 0.1) is 6.04 Å². The zero-order valence-electron chi connectivity index (χ0n) is 8.67. The molecule has 1 amide bonds. The number of carbonyl (C=O) groups excluding carboxylic acids is 1. The van der Waals surface area contributed by atoms with Gasteiger partial charge >= 0.3 is 0 Å². The van der Waals surface area contributed by atoms with Crippen LogP contribution in [0.1, 0.15) is 44.9 Å². The van der Waals surface area contributed by atoms with Crippen molar-refractivity contribution in [3.05, 3.63) is 0 Å². The van der Waals surface area contributed by atoms with Gasteiger partial charge in [0, 0.05) is 6.04 Å². The smallest absolute Gasteiger partial charge is 0.234 e. The van der Waals surface area contributed by atoms with Crippen LogP contribution in [0.15, 0.2) is 0 Å². The molecule has 0 saturated heterocycles. The molecule has 3 nitrogen and oxygen atoms in total. The number of amides is 1. The lowest BCUT2D eigenvalue weighted by molar-refractivity contribution is -0.120. The van der Waals surface area contributed by atoms with Crippen molar-refractivity contribution in [3.63, 3.8) is 0 Å². The molecule has 2 aliphatic carbocycles. The number of hydrogen-bond donors (Lipinski definition) is 2. The predicted molar refractivity (Wildman–Crippen MR) is 55.7 cm³/mol. The lowest BCUT2D eigenvalue weighted by Gasteiger charge is -2.26. The lowest BCUT2D eigenvalue weighted by atomic mass is 9.94. The molecule has 1 atom stereocenters. The minimum Gasteiger partial charge on any atom is -0.368 e. The molecule has 80 valence electrons. The Morgan fingerprint density at radius 3 is 2.29 bits per heavy atom. The van der Waals surface area contributed by atoms with E-state index in [1.165, 1.54) is 44.9 Å². The van der Waals surface area contributed by atoms with E-state index in [4.69, 9.17) is 5.73 Å². The monoisotopic (exact) mass is 196 g/mol. The van der Waals surface area contributed by atoms with E-state index in [0.717, 1.165) is 0 Å². The highest BCUT2D eigenvalue weighted by Crippen LogP contribution is 2.33. The van der Waals surface area contributed by atoms with E-state index in [-0.39, 0.29) is 11.9 Å². The first-order chi connectivity index (χ1) is 6.77. The number of nitrogens with two attached hydrogens (primary N) is 1. The van der Waals surface area contributed by atoms with Gasteiger partial charge in [0.2, 0.25) is 5.91 Å². The molecule has 1 unspecified atom stereocenters. The molecule has 0 spiro atoms. The summed E-state index contributed by atoms with van der Waals surface area (Å²) in [6.45, 7) is 0. The van der Waals surface area contributed by atoms with E-state index < -0.39 is 0 Å². The average molecular weight is 196 g/mol. The summed E-state index contributed by atoms with van der Waals surface area (Å²) in [6, 6.07) is 0.500. The maximum atomic E-state index is 11.2. The zero-order valence-corrected chi connectivity index (χ0v) is 8.67. The van der Waals surface area contributed by atoms with Gasteiger partial charge in [-0.05, 0) is 31.6 Å². The molecule has 2 saturated carbocycles. The van der Waals surface area contributed by atoms with Gasteiger partial charge in [-0.15, -0.1) is 0 Å². The van der Waals surface area contributed by atoms with Gasteiger partial charge in [-0.2, -0.15) is 0 Å². The van der Waals surface area contributed by atoms with Gasteiger partial charge in [-0.1, -0.05) is 19.3 Å². The maximum absolute atomic E-state index is 11.2. The number of carbonyl (C=O) groups is 1. The van der Waals surface area contributed by atoms with Crippen molar-refractivity contribution in [1.82, 2.24) is 5.32 Å². The Hall–Kier alpha value is -0.570. The first-order valence-corrected chi connectivity index (χ1v) is 5.83. The molecular formula is C11H20N2O. The molecule has 0 bridgehead atoms. The molecule has 0 aromatic rings. The van der Waals surface area contributed by atoms with Crippen LogP contribution in [-0.2, 0) is 4.79 Å². The first kappa shape index (κ1) is 9.97. The third-order valence-electron chi connectivity index (χ3n) is 3.42. The van der Waals surface area contributed by atoms with Crippen LogP contribution in [0.5, 0.6) is 0 Å². The molecule has 2 fully saturated rings. The second kappa shape index (κ2) is 4.30. The Morgan fingerprint density at radius 1 is 1.14 bits per heavy atom. The van der Waals surface area contributed by atoms with Gasteiger partial charge in [0.25, 0.3) is 0 Å². The molecule has 0 heterocycles. The fraction of sp³-hybridized carbons (Fsp3) is 0.909. The molecular weight excluding hydrogens is 176 g/mol. The number of nitrogens with one attached hydrogen (secondary N) is 1. The van der Waals surface area contributed by atoms with Gasteiger partial charge < -0.3 is 11.1 Å². The van der Waals surface area contributed by atoms with Crippen LogP contribution < -0.4 is 11.1 Å². The first-order valence-electron chi connectivity index (χ1n) is 5.83. The summed E-state index contributed by atoms with van der Waals surface area (Å²) in [5, 5.41) is 3.44. The average Bonchev–Trinajstić information content (AvgIpc) is 2.99. The third-order valence-corrected chi connectivity index (χ3v) is 3.42. The van der Waals surface area contributed by atoms with E-state index in [0.29, 0.717) is 12.0 Å². The molecule has 2 aliphatic rings. The van der Waals surface area contributed by atoms with Crippen LogP contribution in [-0.4, -0.2) is 18.0 Å². The summed E-state index contributed by atoms with van der Waals surface area (Å²) < 4.78 is 0. The standard InChI is InChI=1S/C11H20N2O/c12-11(14)10(8-6-7-8)13-9-4-2-1-3-5-9/h8-10,13H,1-7H2,(H2,12,14). The molecule has 0 aromatic carbocycles. The van der Waals surface area contributed by atoms with Crippen molar-refractivity contribution < 1.29 is 4.79 Å². The van der Waals surface area contributed by atoms with Crippen molar-refractivity contribution in [2.24, 2.45) is 11.7 Å². The summed E-state index contributed by atoms with van der Waals surface area (Å²) in [7, 11) is 0. The number of primary amides is 1. The molecule has 0 aliphatic heterocycles. The Kier molecular flexibility index (Phi) is 3.06. The van der Waals surface area contributed by atoms with Crippen molar-refractivity contribution in [2.75, 3.05) is 0 Å². The van der Waals surface area contributed by atoms with Crippen LogP contribution in [0.3, 0.4) is 0 Å². The second-order valence-corrected chi connectivity index (χ2v) is 4.72. The summed E-state index contributed by atoms with van der Waals surface area (Å²) >= 11 is 0. The van der Waals surface area contributed by atoms with Gasteiger partial charge in [-0.25, -0.2) is 0 Å². The van der Waals surface area contributed by atoms with E-state index in [9.17, 15) is 4.79 Å². The van der Waals surface area contributed by atoms with Crippen LogP contribution in [0.4, 0.5) is 0 Å². The van der Waals surface area contributed by atoms with Crippen LogP contribution in [0, 0.1) is 5.92 Å². The fourth-order valence-electron chi connectivity index (χ4n) is 2.40. The van der Waals surface area contributed by atoms with Crippen molar-refractivity contribution >= 4 is 5.91 Å². The largest absolute Gasteiger partial charge is 0.368 e. The van der Waals surface area contributed by atoms with Crippen molar-refractivity contribution in [3.8, 4) is 0 Å². The SMILES string of the molecule is NC(=O)C(NC1CCCCC1)C1CC1. The van der Waals surface area contributed by atoms with Gasteiger partial charge in [0.1, 0.15) is 0 Å². The topological polar surface area (TPSA) is 55.1 Å². The summed E-state index contributed by atoms with van der Waals surface area (Å²) in [6.07, 6.45) is 8.73. The Labute approximate surface area is 85.4 Å². The van der Waals surface area contributed by atoms with Crippen LogP contribution in [0.25, 0.3) is 0 Å². The molecule has 3 heteroatoms. The van der Waals surface area contributed by atoms with Crippen molar-refractivity contribution in [2.45, 2.75) is 57.0 Å². The highest BCUT2D eigenvalue weighted by Gasteiger charge is 2.36. The zero-order chi connectivity index (χ0) is 9.97. The van der Waals surface area contributed by atoms with Gasteiger partial charge in [-0.3, -0.25) is 4.79 Å². The molecule has 0 aromatic heterocycles. The quantitative estimate of drug-likeness (QED) is 0.709. The third kappa shape index (κ3) is 2.47. The summed E-state index contributed by atoms with van der Waals surface area (Å²) in [5.74, 6) is 0.382. The minimum absolute atomic E-state index is 0.0434. The maximum Gasteiger partial charge on any atom is 0.234 e. The fourth-order valence-corrected chi connectivity index (χ4v) is 2.40. The Bertz CT molecular complexity index is 207. The second-order valence-electron chi connectivity index (χ2n) is 4.72. The van der Waals surface area contributed by atoms with Crippen LogP contribution >= 0.6 is 0 Å². The molecule has 0 radical (unpaired) electrons. The molecule has 14 heavy (non-hydrogen) atoms. The van der Waals surface area contributed by atoms with E-state index >= 15 is 0 Å². The molecule has 2 rings (SSSR count). The minimum atomic E-state index is -0.155. The highest BCUT2D eigenvalue weighted by molar-refractivity contribution is 5.80. The normalized spacial score (nSPS) is 26.0. The van der Waals surface area contributed by atoms with E-state index in [1.54, 1.807) is 0 Å². The predicted octanol–water partition coefficient (Wildman–Crippen LogP) is 1.17. The highest BCUT2D eigenvalue weighted by atomic mass is 16.1. The van der Waals surface area contributed by atoms with Crippen molar-refractivity contribution in [1.29, 1.82) is 0 Å². The number of hydrogen-bond acceptors (Lipinski definition) is 2. The van der Waals surface area contributed by atoms with E-state index in [1.807, 2.05) is 0 Å². The van der Waals surface area contributed by atoms with Gasteiger partial charge in [0.15, 0.2) is 0 Å². The van der Waals surface area contributed by atoms with Crippen LogP contribution in [0.2, 0.25) is 0 Å².